The van der Waals surface area contributed by atoms with Gasteiger partial charge in [0.25, 0.3) is 5.89 Å². The minimum Gasteiger partial charge on any atom is -0.494 e. The number of ether oxygens (including phenoxy) is 1. The van der Waals surface area contributed by atoms with E-state index in [0.717, 1.165) is 16.9 Å². The predicted molar refractivity (Wildman–Crippen MR) is 106 cm³/mol. The molecule has 7 heteroatoms. The fraction of sp³-hybridized carbons (Fsp3) is 0.143. The zero-order valence-corrected chi connectivity index (χ0v) is 15.4. The van der Waals surface area contributed by atoms with Crippen LogP contribution in [0, 0.1) is 0 Å². The highest BCUT2D eigenvalue weighted by atomic mass is 16.5. The Labute approximate surface area is 162 Å². The van der Waals surface area contributed by atoms with E-state index < -0.39 is 0 Å². The van der Waals surface area contributed by atoms with E-state index in [1.165, 1.54) is 6.33 Å². The Hall–Kier alpha value is -3.74. The Morgan fingerprint density at radius 1 is 1.07 bits per heavy atom. The summed E-state index contributed by atoms with van der Waals surface area (Å²) in [5, 5.41) is 7.38. The third-order valence-electron chi connectivity index (χ3n) is 4.07. The van der Waals surface area contributed by atoms with Crippen molar-refractivity contribution in [2.75, 3.05) is 11.9 Å². The van der Waals surface area contributed by atoms with Gasteiger partial charge in [0.15, 0.2) is 0 Å². The van der Waals surface area contributed by atoms with E-state index in [0.29, 0.717) is 36.2 Å². The number of hydrogen-bond donors (Lipinski definition) is 1. The molecule has 1 N–H and O–H groups in total. The molecule has 2 aromatic heterocycles. The minimum absolute atomic E-state index is 0.366. The van der Waals surface area contributed by atoms with E-state index in [-0.39, 0.29) is 0 Å². The molecule has 0 bridgehead atoms. The second-order valence-corrected chi connectivity index (χ2v) is 6.01. The van der Waals surface area contributed by atoms with Gasteiger partial charge in [0.2, 0.25) is 5.82 Å². The predicted octanol–water partition coefficient (Wildman–Crippen LogP) is 4.20. The molecule has 0 amide bonds. The summed E-state index contributed by atoms with van der Waals surface area (Å²) in [6, 6.07) is 17.6. The monoisotopic (exact) mass is 373 g/mol. The number of anilines is 1. The van der Waals surface area contributed by atoms with Crippen molar-refractivity contribution in [3.63, 3.8) is 0 Å². The van der Waals surface area contributed by atoms with Crippen LogP contribution >= 0.6 is 0 Å². The van der Waals surface area contributed by atoms with Gasteiger partial charge in [0.1, 0.15) is 23.5 Å². The van der Waals surface area contributed by atoms with Crippen molar-refractivity contribution in [2.45, 2.75) is 13.5 Å². The van der Waals surface area contributed by atoms with Gasteiger partial charge in [-0.3, -0.25) is 0 Å². The average Bonchev–Trinajstić information content (AvgIpc) is 3.24. The summed E-state index contributed by atoms with van der Waals surface area (Å²) < 4.78 is 11.0. The smallest absolute Gasteiger partial charge is 0.263 e. The topological polar surface area (TPSA) is 86.0 Å². The van der Waals surface area contributed by atoms with Crippen LogP contribution in [0.3, 0.4) is 0 Å². The molecule has 4 rings (SSSR count). The highest BCUT2D eigenvalue weighted by Gasteiger charge is 2.15. The molecular formula is C21H19N5O2. The fourth-order valence-corrected chi connectivity index (χ4v) is 2.76. The van der Waals surface area contributed by atoms with E-state index in [4.69, 9.17) is 9.26 Å². The first-order valence-electron chi connectivity index (χ1n) is 8.98. The highest BCUT2D eigenvalue weighted by Crippen LogP contribution is 2.26. The Bertz CT molecular complexity index is 1050. The largest absolute Gasteiger partial charge is 0.494 e. The van der Waals surface area contributed by atoms with Gasteiger partial charge in [-0.25, -0.2) is 9.97 Å². The lowest BCUT2D eigenvalue weighted by Crippen LogP contribution is -2.04. The van der Waals surface area contributed by atoms with E-state index in [2.05, 4.69) is 25.4 Å². The van der Waals surface area contributed by atoms with Crippen molar-refractivity contribution in [2.24, 2.45) is 0 Å². The molecule has 0 atom stereocenters. The summed E-state index contributed by atoms with van der Waals surface area (Å²) in [4.78, 5) is 12.9. The molecule has 0 fully saturated rings. The number of rotatable bonds is 7. The summed E-state index contributed by atoms with van der Waals surface area (Å²) in [7, 11) is 0. The summed E-state index contributed by atoms with van der Waals surface area (Å²) in [5.74, 6) is 2.36. The van der Waals surface area contributed by atoms with E-state index in [9.17, 15) is 0 Å². The van der Waals surface area contributed by atoms with Crippen LogP contribution in [0.25, 0.3) is 22.8 Å². The number of nitrogens with zero attached hydrogens (tertiary/aromatic N) is 4. The second-order valence-electron chi connectivity index (χ2n) is 6.01. The molecule has 0 radical (unpaired) electrons. The number of hydrogen-bond acceptors (Lipinski definition) is 7. The van der Waals surface area contributed by atoms with Crippen LogP contribution in [0.2, 0.25) is 0 Å². The van der Waals surface area contributed by atoms with Crippen molar-refractivity contribution < 1.29 is 9.26 Å². The Morgan fingerprint density at radius 2 is 1.96 bits per heavy atom. The molecule has 2 aromatic carbocycles. The molecule has 4 aromatic rings. The lowest BCUT2D eigenvalue weighted by atomic mass is 10.2. The first-order chi connectivity index (χ1) is 13.8. The first-order valence-corrected chi connectivity index (χ1v) is 8.98. The van der Waals surface area contributed by atoms with Gasteiger partial charge in [-0.2, -0.15) is 4.98 Å². The molecule has 0 saturated carbocycles. The van der Waals surface area contributed by atoms with Crippen LogP contribution in [0.1, 0.15) is 12.5 Å². The summed E-state index contributed by atoms with van der Waals surface area (Å²) >= 11 is 0. The number of benzene rings is 2. The quantitative estimate of drug-likeness (QED) is 0.519. The van der Waals surface area contributed by atoms with Gasteiger partial charge in [-0.05, 0) is 24.6 Å². The third-order valence-corrected chi connectivity index (χ3v) is 4.07. The van der Waals surface area contributed by atoms with Crippen molar-refractivity contribution in [3.05, 3.63) is 72.7 Å². The Balaban J connectivity index is 1.55. The lowest BCUT2D eigenvalue weighted by Gasteiger charge is -2.09. The van der Waals surface area contributed by atoms with Gasteiger partial charge < -0.3 is 14.6 Å². The normalized spacial score (nSPS) is 10.6. The van der Waals surface area contributed by atoms with E-state index >= 15 is 0 Å². The number of nitrogens with one attached hydrogen (secondary N) is 1. The maximum atomic E-state index is 5.55. The van der Waals surface area contributed by atoms with E-state index in [1.54, 1.807) is 6.20 Å². The molecule has 0 aliphatic heterocycles. The van der Waals surface area contributed by atoms with Gasteiger partial charge in [0.05, 0.1) is 6.61 Å². The van der Waals surface area contributed by atoms with Gasteiger partial charge in [0, 0.05) is 18.3 Å². The summed E-state index contributed by atoms with van der Waals surface area (Å²) in [6.45, 7) is 3.17. The van der Waals surface area contributed by atoms with Crippen LogP contribution in [0.4, 0.5) is 5.82 Å². The van der Waals surface area contributed by atoms with Gasteiger partial charge in [-0.15, -0.1) is 0 Å². The minimum atomic E-state index is 0.366. The third kappa shape index (κ3) is 3.98. The molecule has 2 heterocycles. The van der Waals surface area contributed by atoms with Crippen LogP contribution in [-0.4, -0.2) is 26.7 Å². The standard InChI is InChI=1S/C21H19N5O2/c1-2-27-17-10-6-7-15(11-17)12-23-20-18(13-22-14-24-20)21-25-19(26-28-21)16-8-4-3-5-9-16/h3-11,13-14H,2,12H2,1H3,(H,22,23,24). The molecule has 0 aliphatic carbocycles. The van der Waals surface area contributed by atoms with Crippen LogP contribution < -0.4 is 10.1 Å². The van der Waals surface area contributed by atoms with Crippen molar-refractivity contribution in [3.8, 4) is 28.6 Å². The molecule has 0 spiro atoms. The first kappa shape index (κ1) is 17.7. The zero-order chi connectivity index (χ0) is 19.2. The summed E-state index contributed by atoms with van der Waals surface area (Å²) in [5.41, 5.74) is 2.61. The molecule has 0 aliphatic rings. The van der Waals surface area contributed by atoms with Crippen LogP contribution in [-0.2, 0) is 6.54 Å². The number of aromatic nitrogens is 4. The molecule has 7 nitrogen and oxygen atoms in total. The second kappa shape index (κ2) is 8.30. The van der Waals surface area contributed by atoms with Gasteiger partial charge >= 0.3 is 0 Å². The maximum absolute atomic E-state index is 5.55. The zero-order valence-electron chi connectivity index (χ0n) is 15.4. The SMILES string of the molecule is CCOc1cccc(CNc2ncncc2-c2nc(-c3ccccc3)no2)c1. The molecule has 0 unspecified atom stereocenters. The van der Waals surface area contributed by atoms with E-state index in [1.807, 2.05) is 61.5 Å². The van der Waals surface area contributed by atoms with Crippen molar-refractivity contribution in [1.29, 1.82) is 0 Å². The van der Waals surface area contributed by atoms with Crippen LogP contribution in [0.5, 0.6) is 5.75 Å². The van der Waals surface area contributed by atoms with Gasteiger partial charge in [-0.1, -0.05) is 47.6 Å². The molecule has 0 saturated heterocycles. The van der Waals surface area contributed by atoms with Crippen molar-refractivity contribution >= 4 is 5.82 Å². The maximum Gasteiger partial charge on any atom is 0.263 e. The molecule has 140 valence electrons. The Morgan fingerprint density at radius 3 is 2.82 bits per heavy atom. The Kier molecular flexibility index (Phi) is 5.24. The van der Waals surface area contributed by atoms with Crippen molar-refractivity contribution in [1.82, 2.24) is 20.1 Å². The lowest BCUT2D eigenvalue weighted by molar-refractivity contribution is 0.340. The fourth-order valence-electron chi connectivity index (χ4n) is 2.76. The summed E-state index contributed by atoms with van der Waals surface area (Å²) in [6.07, 6.45) is 3.14. The molecule has 28 heavy (non-hydrogen) atoms. The average molecular weight is 373 g/mol. The van der Waals surface area contributed by atoms with Crippen LogP contribution in [0.15, 0.2) is 71.6 Å². The highest BCUT2D eigenvalue weighted by molar-refractivity contribution is 5.69. The molecular weight excluding hydrogens is 354 g/mol.